The van der Waals surface area contributed by atoms with Gasteiger partial charge in [-0.25, -0.2) is 4.79 Å². The summed E-state index contributed by atoms with van der Waals surface area (Å²) in [6.45, 7) is 4.68. The summed E-state index contributed by atoms with van der Waals surface area (Å²) >= 11 is 0. The number of rotatable bonds is 8. The van der Waals surface area contributed by atoms with Gasteiger partial charge in [-0.15, -0.1) is 0 Å². The molecule has 0 saturated carbocycles. The van der Waals surface area contributed by atoms with Crippen molar-refractivity contribution in [1.82, 2.24) is 0 Å². The molecule has 104 valence electrons. The number of unbranched alkanes of at least 4 members (excludes halogenated alkanes) is 2. The second-order valence-corrected chi connectivity index (χ2v) is 4.65. The third-order valence-corrected chi connectivity index (χ3v) is 3.01. The number of aryl methyl sites for hydroxylation is 1. The van der Waals surface area contributed by atoms with Crippen molar-refractivity contribution in [2.24, 2.45) is 0 Å². The first-order valence-electron chi connectivity index (χ1n) is 7.15. The Hall–Kier alpha value is -1.57. The van der Waals surface area contributed by atoms with Crippen LogP contribution in [0.4, 0.5) is 0 Å². The van der Waals surface area contributed by atoms with Crippen molar-refractivity contribution >= 4 is 5.97 Å². The van der Waals surface area contributed by atoms with Gasteiger partial charge in [-0.05, 0) is 43.9 Å². The van der Waals surface area contributed by atoms with Crippen LogP contribution in [0.15, 0.2) is 36.4 Å². The zero-order valence-corrected chi connectivity index (χ0v) is 12.0. The number of carbonyl (C=O) groups excluding carboxylic acids is 1. The molecule has 0 amide bonds. The van der Waals surface area contributed by atoms with Gasteiger partial charge in [-0.3, -0.25) is 0 Å². The average molecular weight is 260 g/mol. The molecule has 1 aromatic carbocycles. The summed E-state index contributed by atoms with van der Waals surface area (Å²) in [5.41, 5.74) is 1.90. The van der Waals surface area contributed by atoms with Gasteiger partial charge in [0, 0.05) is 0 Å². The predicted molar refractivity (Wildman–Crippen MR) is 79.4 cm³/mol. The van der Waals surface area contributed by atoms with Crippen LogP contribution in [0.3, 0.4) is 0 Å². The Morgan fingerprint density at radius 3 is 2.58 bits per heavy atom. The molecule has 0 fully saturated rings. The maximum atomic E-state index is 11.7. The van der Waals surface area contributed by atoms with Crippen LogP contribution in [0.1, 0.15) is 55.5 Å². The van der Waals surface area contributed by atoms with E-state index in [9.17, 15) is 4.79 Å². The minimum Gasteiger partial charge on any atom is -0.462 e. The molecule has 0 atom stereocenters. The van der Waals surface area contributed by atoms with E-state index in [1.54, 1.807) is 0 Å². The summed E-state index contributed by atoms with van der Waals surface area (Å²) in [5, 5.41) is 0. The van der Waals surface area contributed by atoms with E-state index in [-0.39, 0.29) is 5.97 Å². The Morgan fingerprint density at radius 2 is 1.95 bits per heavy atom. The molecule has 0 heterocycles. The molecule has 2 nitrogen and oxygen atoms in total. The average Bonchev–Trinajstić information content (AvgIpc) is 2.44. The predicted octanol–water partition coefficient (Wildman–Crippen LogP) is 4.54. The zero-order chi connectivity index (χ0) is 13.9. The fourth-order valence-corrected chi connectivity index (χ4v) is 1.82. The first-order chi connectivity index (χ1) is 9.27. The van der Waals surface area contributed by atoms with Gasteiger partial charge < -0.3 is 4.74 Å². The smallest absolute Gasteiger partial charge is 0.338 e. The van der Waals surface area contributed by atoms with Crippen molar-refractivity contribution in [3.63, 3.8) is 0 Å². The zero-order valence-electron chi connectivity index (χ0n) is 12.0. The van der Waals surface area contributed by atoms with E-state index in [2.05, 4.69) is 19.1 Å². The van der Waals surface area contributed by atoms with Crippen LogP contribution in [0.5, 0.6) is 0 Å². The third-order valence-electron chi connectivity index (χ3n) is 3.01. The second kappa shape index (κ2) is 9.37. The number of hydrogen-bond donors (Lipinski definition) is 0. The molecule has 0 spiro atoms. The SMILES string of the molecule is C/C=C/CCc1ccc(C(=O)OCCCCC)cc1. The number of allylic oxidation sites excluding steroid dienone is 2. The standard InChI is InChI=1S/C17H24O2/c1-3-5-7-9-15-10-12-16(13-11-15)17(18)19-14-8-6-4-2/h3,5,10-13H,4,6-9,14H2,1-2H3/b5-3+. The van der Waals surface area contributed by atoms with Crippen molar-refractivity contribution < 1.29 is 9.53 Å². The van der Waals surface area contributed by atoms with Crippen LogP contribution in [-0.4, -0.2) is 12.6 Å². The molecule has 0 aliphatic rings. The lowest BCUT2D eigenvalue weighted by Gasteiger charge is -2.05. The minimum absolute atomic E-state index is 0.212. The van der Waals surface area contributed by atoms with Crippen molar-refractivity contribution in [3.05, 3.63) is 47.5 Å². The molecule has 19 heavy (non-hydrogen) atoms. The molecule has 0 bridgehead atoms. The Morgan fingerprint density at radius 1 is 1.21 bits per heavy atom. The van der Waals surface area contributed by atoms with E-state index >= 15 is 0 Å². The molecule has 0 unspecified atom stereocenters. The van der Waals surface area contributed by atoms with Gasteiger partial charge in [0.15, 0.2) is 0 Å². The summed E-state index contributed by atoms with van der Waals surface area (Å²) in [4.78, 5) is 11.7. The quantitative estimate of drug-likeness (QED) is 0.389. The molecule has 0 saturated heterocycles. The molecule has 2 heteroatoms. The van der Waals surface area contributed by atoms with Gasteiger partial charge in [-0.2, -0.15) is 0 Å². The van der Waals surface area contributed by atoms with E-state index in [1.807, 2.05) is 31.2 Å². The largest absolute Gasteiger partial charge is 0.462 e. The Bertz CT molecular complexity index is 390. The maximum absolute atomic E-state index is 11.7. The number of esters is 1. The van der Waals surface area contributed by atoms with Crippen molar-refractivity contribution in [1.29, 1.82) is 0 Å². The number of hydrogen-bond acceptors (Lipinski definition) is 2. The number of ether oxygens (including phenoxy) is 1. The van der Waals surface area contributed by atoms with E-state index in [4.69, 9.17) is 4.74 Å². The summed E-state index contributed by atoms with van der Waals surface area (Å²) in [7, 11) is 0. The maximum Gasteiger partial charge on any atom is 0.338 e. The number of benzene rings is 1. The molecule has 0 N–H and O–H groups in total. The molecule has 0 radical (unpaired) electrons. The Balaban J connectivity index is 2.39. The molecule has 1 aromatic rings. The molecule has 1 rings (SSSR count). The van der Waals surface area contributed by atoms with Crippen LogP contribution in [0.2, 0.25) is 0 Å². The van der Waals surface area contributed by atoms with Gasteiger partial charge in [0.2, 0.25) is 0 Å². The van der Waals surface area contributed by atoms with Gasteiger partial charge in [-0.1, -0.05) is 44.1 Å². The summed E-state index contributed by atoms with van der Waals surface area (Å²) in [6, 6.07) is 7.72. The molecule has 0 aliphatic heterocycles. The lowest BCUT2D eigenvalue weighted by Crippen LogP contribution is -2.06. The monoisotopic (exact) mass is 260 g/mol. The topological polar surface area (TPSA) is 26.3 Å². The van der Waals surface area contributed by atoms with Crippen LogP contribution < -0.4 is 0 Å². The van der Waals surface area contributed by atoms with Crippen LogP contribution in [0.25, 0.3) is 0 Å². The van der Waals surface area contributed by atoms with Crippen molar-refractivity contribution in [2.45, 2.75) is 46.0 Å². The molecular weight excluding hydrogens is 236 g/mol. The van der Waals surface area contributed by atoms with Gasteiger partial charge >= 0.3 is 5.97 Å². The molecular formula is C17H24O2. The highest BCUT2D eigenvalue weighted by Gasteiger charge is 2.06. The first kappa shape index (κ1) is 15.5. The molecule has 0 aliphatic carbocycles. The first-order valence-corrected chi connectivity index (χ1v) is 7.15. The normalized spacial score (nSPS) is 10.8. The third kappa shape index (κ3) is 6.23. The second-order valence-electron chi connectivity index (χ2n) is 4.65. The molecule has 0 aromatic heterocycles. The van der Waals surface area contributed by atoms with Crippen LogP contribution in [0, 0.1) is 0 Å². The van der Waals surface area contributed by atoms with Crippen molar-refractivity contribution in [2.75, 3.05) is 6.61 Å². The van der Waals surface area contributed by atoms with Gasteiger partial charge in [0.25, 0.3) is 0 Å². The van der Waals surface area contributed by atoms with Crippen LogP contribution >= 0.6 is 0 Å². The van der Waals surface area contributed by atoms with E-state index < -0.39 is 0 Å². The van der Waals surface area contributed by atoms with Crippen LogP contribution in [-0.2, 0) is 11.2 Å². The highest BCUT2D eigenvalue weighted by molar-refractivity contribution is 5.89. The fraction of sp³-hybridized carbons (Fsp3) is 0.471. The fourth-order valence-electron chi connectivity index (χ4n) is 1.82. The highest BCUT2D eigenvalue weighted by Crippen LogP contribution is 2.09. The lowest BCUT2D eigenvalue weighted by molar-refractivity contribution is 0.0498. The summed E-state index contributed by atoms with van der Waals surface area (Å²) in [5.74, 6) is -0.212. The van der Waals surface area contributed by atoms with Gasteiger partial charge in [0.05, 0.1) is 12.2 Å². The van der Waals surface area contributed by atoms with Crippen molar-refractivity contribution in [3.8, 4) is 0 Å². The minimum atomic E-state index is -0.212. The highest BCUT2D eigenvalue weighted by atomic mass is 16.5. The lowest BCUT2D eigenvalue weighted by atomic mass is 10.1. The van der Waals surface area contributed by atoms with Gasteiger partial charge in [0.1, 0.15) is 0 Å². The van der Waals surface area contributed by atoms with E-state index in [0.717, 1.165) is 32.1 Å². The van der Waals surface area contributed by atoms with E-state index in [0.29, 0.717) is 12.2 Å². The Labute approximate surface area is 116 Å². The van der Waals surface area contributed by atoms with E-state index in [1.165, 1.54) is 5.56 Å². The number of carbonyl (C=O) groups is 1. The summed E-state index contributed by atoms with van der Waals surface area (Å²) in [6.07, 6.45) is 9.45. The summed E-state index contributed by atoms with van der Waals surface area (Å²) < 4.78 is 5.22. The Kier molecular flexibility index (Phi) is 7.64.